The molecule has 4 heteroatoms. The second kappa shape index (κ2) is 7.65. The van der Waals surface area contributed by atoms with Crippen LogP contribution in [-0.2, 0) is 17.8 Å². The van der Waals surface area contributed by atoms with Gasteiger partial charge in [-0.05, 0) is 30.4 Å². The first kappa shape index (κ1) is 17.0. The number of hydrogen-bond donors (Lipinski definition) is 1. The summed E-state index contributed by atoms with van der Waals surface area (Å²) < 4.78 is 0. The first-order valence-corrected chi connectivity index (χ1v) is 7.24. The van der Waals surface area contributed by atoms with Crippen molar-refractivity contribution >= 4 is 18.3 Å². The molecule has 0 saturated heterocycles. The highest BCUT2D eigenvalue weighted by Gasteiger charge is 2.34. The van der Waals surface area contributed by atoms with Crippen LogP contribution in [0.3, 0.4) is 0 Å². The van der Waals surface area contributed by atoms with Gasteiger partial charge in [-0.2, -0.15) is 0 Å². The summed E-state index contributed by atoms with van der Waals surface area (Å²) in [6.07, 6.45) is 3.32. The van der Waals surface area contributed by atoms with Gasteiger partial charge in [0.05, 0.1) is 0 Å². The fraction of sp³-hybridized carbons (Fsp3) is 0.562. The zero-order chi connectivity index (χ0) is 13.8. The number of hydrogen-bond acceptors (Lipinski definition) is 2. The van der Waals surface area contributed by atoms with Crippen LogP contribution in [0.15, 0.2) is 24.3 Å². The Kier molecular flexibility index (Phi) is 6.50. The molecule has 0 aromatic heterocycles. The molecule has 1 atom stereocenters. The summed E-state index contributed by atoms with van der Waals surface area (Å²) in [5, 5.41) is 0. The van der Waals surface area contributed by atoms with Crippen LogP contribution >= 0.6 is 12.4 Å². The highest BCUT2D eigenvalue weighted by atomic mass is 35.5. The number of amides is 1. The van der Waals surface area contributed by atoms with Crippen LogP contribution in [0, 0.1) is 5.92 Å². The van der Waals surface area contributed by atoms with E-state index < -0.39 is 0 Å². The predicted octanol–water partition coefficient (Wildman–Crippen LogP) is 2.76. The molecule has 1 unspecified atom stereocenters. The highest BCUT2D eigenvalue weighted by molar-refractivity contribution is 5.85. The lowest BCUT2D eigenvalue weighted by atomic mass is 10.1. The van der Waals surface area contributed by atoms with Crippen molar-refractivity contribution in [3.05, 3.63) is 35.4 Å². The largest absolute Gasteiger partial charge is 0.335 e. The number of rotatable bonds is 6. The van der Waals surface area contributed by atoms with Gasteiger partial charge in [0.25, 0.3) is 0 Å². The standard InChI is InChI=1S/C16H24N2O.ClH/c1-3-13-4-6-14(7-5-13)11-18(15-8-9-15)16(19)12(2)10-17;/h4-7,12,15H,3,8-11,17H2,1-2H3;1H. The van der Waals surface area contributed by atoms with Gasteiger partial charge in [-0.1, -0.05) is 38.1 Å². The second-order valence-corrected chi connectivity index (χ2v) is 5.50. The van der Waals surface area contributed by atoms with Gasteiger partial charge in [0.2, 0.25) is 5.91 Å². The lowest BCUT2D eigenvalue weighted by Gasteiger charge is -2.25. The van der Waals surface area contributed by atoms with E-state index >= 15 is 0 Å². The second-order valence-electron chi connectivity index (χ2n) is 5.50. The van der Waals surface area contributed by atoms with Crippen molar-refractivity contribution in [2.24, 2.45) is 11.7 Å². The summed E-state index contributed by atoms with van der Waals surface area (Å²) in [6.45, 7) is 5.21. The molecule has 2 rings (SSSR count). The monoisotopic (exact) mass is 296 g/mol. The van der Waals surface area contributed by atoms with Gasteiger partial charge in [-0.25, -0.2) is 0 Å². The van der Waals surface area contributed by atoms with Crippen LogP contribution in [0.5, 0.6) is 0 Å². The van der Waals surface area contributed by atoms with Gasteiger partial charge in [-0.15, -0.1) is 12.4 Å². The van der Waals surface area contributed by atoms with Crippen molar-refractivity contribution in [3.63, 3.8) is 0 Å². The van der Waals surface area contributed by atoms with Gasteiger partial charge in [0.1, 0.15) is 0 Å². The Morgan fingerprint density at radius 3 is 2.30 bits per heavy atom. The van der Waals surface area contributed by atoms with Crippen LogP contribution in [0.1, 0.15) is 37.8 Å². The fourth-order valence-electron chi connectivity index (χ4n) is 2.23. The number of nitrogens with zero attached hydrogens (tertiary/aromatic N) is 1. The molecule has 20 heavy (non-hydrogen) atoms. The molecule has 0 heterocycles. The molecule has 1 aromatic carbocycles. The Bertz CT molecular complexity index is 429. The summed E-state index contributed by atoms with van der Waals surface area (Å²) in [7, 11) is 0. The molecule has 0 bridgehead atoms. The van der Waals surface area contributed by atoms with Crippen LogP contribution in [0.4, 0.5) is 0 Å². The van der Waals surface area contributed by atoms with Crippen molar-refractivity contribution in [1.82, 2.24) is 4.90 Å². The maximum Gasteiger partial charge on any atom is 0.227 e. The molecule has 0 aliphatic heterocycles. The van der Waals surface area contributed by atoms with E-state index in [1.165, 1.54) is 11.1 Å². The van der Waals surface area contributed by atoms with Gasteiger partial charge in [0.15, 0.2) is 0 Å². The molecular formula is C16H25ClN2O. The van der Waals surface area contributed by atoms with Crippen molar-refractivity contribution < 1.29 is 4.79 Å². The van der Waals surface area contributed by atoms with Gasteiger partial charge < -0.3 is 10.6 Å². The minimum Gasteiger partial charge on any atom is -0.335 e. The summed E-state index contributed by atoms with van der Waals surface area (Å²) in [6, 6.07) is 9.00. The molecule has 2 N–H and O–H groups in total. The zero-order valence-corrected chi connectivity index (χ0v) is 13.2. The van der Waals surface area contributed by atoms with Gasteiger partial charge in [0, 0.05) is 25.0 Å². The quantitative estimate of drug-likeness (QED) is 0.877. The normalized spacial score (nSPS) is 15.3. The molecule has 1 aliphatic carbocycles. The Morgan fingerprint density at radius 1 is 1.30 bits per heavy atom. The van der Waals surface area contributed by atoms with E-state index in [9.17, 15) is 4.79 Å². The number of halogens is 1. The highest BCUT2D eigenvalue weighted by Crippen LogP contribution is 2.29. The SMILES string of the molecule is CCc1ccc(CN(C(=O)C(C)CN)C2CC2)cc1.Cl. The lowest BCUT2D eigenvalue weighted by molar-refractivity contribution is -0.135. The third-order valence-electron chi connectivity index (χ3n) is 3.83. The Morgan fingerprint density at radius 2 is 1.85 bits per heavy atom. The van der Waals surface area contributed by atoms with Crippen molar-refractivity contribution in [1.29, 1.82) is 0 Å². The smallest absolute Gasteiger partial charge is 0.227 e. The van der Waals surface area contributed by atoms with Crippen LogP contribution in [-0.4, -0.2) is 23.4 Å². The molecular weight excluding hydrogens is 272 g/mol. The number of aryl methyl sites for hydroxylation is 1. The third-order valence-corrected chi connectivity index (χ3v) is 3.83. The average Bonchev–Trinajstić information content (AvgIpc) is 3.28. The van der Waals surface area contributed by atoms with Crippen molar-refractivity contribution in [2.75, 3.05) is 6.54 Å². The molecule has 0 radical (unpaired) electrons. The number of benzene rings is 1. The number of nitrogens with two attached hydrogens (primary N) is 1. The van der Waals surface area contributed by atoms with Crippen LogP contribution < -0.4 is 5.73 Å². The summed E-state index contributed by atoms with van der Waals surface area (Å²) in [5.41, 5.74) is 8.16. The lowest BCUT2D eigenvalue weighted by Crippen LogP contribution is -2.38. The van der Waals surface area contributed by atoms with E-state index in [2.05, 4.69) is 31.2 Å². The molecule has 1 amide bonds. The van der Waals surface area contributed by atoms with E-state index in [1.807, 2.05) is 11.8 Å². The third kappa shape index (κ3) is 4.22. The van der Waals surface area contributed by atoms with E-state index in [0.717, 1.165) is 25.8 Å². The fourth-order valence-corrected chi connectivity index (χ4v) is 2.23. The average molecular weight is 297 g/mol. The van der Waals surface area contributed by atoms with E-state index in [4.69, 9.17) is 5.73 Å². The first-order valence-electron chi connectivity index (χ1n) is 7.24. The van der Waals surface area contributed by atoms with Crippen LogP contribution in [0.2, 0.25) is 0 Å². The topological polar surface area (TPSA) is 46.3 Å². The molecule has 1 aliphatic rings. The van der Waals surface area contributed by atoms with Crippen molar-refractivity contribution in [2.45, 2.75) is 45.7 Å². The Hall–Kier alpha value is -1.06. The summed E-state index contributed by atoms with van der Waals surface area (Å²) in [5.74, 6) is 0.125. The Balaban J connectivity index is 0.00000200. The summed E-state index contributed by atoms with van der Waals surface area (Å²) >= 11 is 0. The van der Waals surface area contributed by atoms with Crippen LogP contribution in [0.25, 0.3) is 0 Å². The molecule has 112 valence electrons. The number of carbonyl (C=O) groups is 1. The molecule has 0 spiro atoms. The molecule has 3 nitrogen and oxygen atoms in total. The van der Waals surface area contributed by atoms with Gasteiger partial charge >= 0.3 is 0 Å². The first-order chi connectivity index (χ1) is 9.15. The minimum absolute atomic E-state index is 0. The van der Waals surface area contributed by atoms with Gasteiger partial charge in [-0.3, -0.25) is 4.79 Å². The molecule has 1 aromatic rings. The maximum absolute atomic E-state index is 12.3. The maximum atomic E-state index is 12.3. The molecule has 1 saturated carbocycles. The zero-order valence-electron chi connectivity index (χ0n) is 12.3. The number of carbonyl (C=O) groups excluding carboxylic acids is 1. The van der Waals surface area contributed by atoms with E-state index in [1.54, 1.807) is 0 Å². The Labute approximate surface area is 127 Å². The predicted molar refractivity (Wildman–Crippen MR) is 84.9 cm³/mol. The molecule has 1 fully saturated rings. The van der Waals surface area contributed by atoms with E-state index in [0.29, 0.717) is 12.6 Å². The van der Waals surface area contributed by atoms with E-state index in [-0.39, 0.29) is 24.2 Å². The minimum atomic E-state index is -0.0736. The summed E-state index contributed by atoms with van der Waals surface area (Å²) in [4.78, 5) is 14.3. The van der Waals surface area contributed by atoms with Crippen molar-refractivity contribution in [3.8, 4) is 0 Å².